The van der Waals surface area contributed by atoms with E-state index in [2.05, 4.69) is 30.8 Å². The topological polar surface area (TPSA) is 54.9 Å². The van der Waals surface area contributed by atoms with E-state index in [1.165, 1.54) is 0 Å². The van der Waals surface area contributed by atoms with Gasteiger partial charge in [-0.3, -0.25) is 4.79 Å². The van der Waals surface area contributed by atoms with E-state index in [-0.39, 0.29) is 5.91 Å². The van der Waals surface area contributed by atoms with E-state index in [4.69, 9.17) is 0 Å². The first kappa shape index (κ1) is 12.2. The lowest BCUT2D eigenvalue weighted by atomic mass is 10.1. The van der Waals surface area contributed by atoms with Crippen LogP contribution < -0.4 is 5.32 Å². The summed E-state index contributed by atoms with van der Waals surface area (Å²) in [5, 5.41) is 8.21. The molecule has 1 aromatic carbocycles. The minimum Gasteiger partial charge on any atom is -0.320 e. The van der Waals surface area contributed by atoms with E-state index in [1.54, 1.807) is 5.38 Å². The molecular formula is C11H10BrN3OS. The maximum atomic E-state index is 11.8. The molecule has 4 nitrogen and oxygen atoms in total. The zero-order valence-corrected chi connectivity index (χ0v) is 11.7. The van der Waals surface area contributed by atoms with Crippen LogP contribution in [0.5, 0.6) is 0 Å². The smallest absolute Gasteiger partial charge is 0.277 e. The standard InChI is InChI=1S/C11H10BrN3OS/c1-6-3-8(12)4-7(2)10(6)13-11(16)9-5-17-15-14-9/h3-5H,1-2H3,(H,13,16). The van der Waals surface area contributed by atoms with Gasteiger partial charge < -0.3 is 5.32 Å². The highest BCUT2D eigenvalue weighted by molar-refractivity contribution is 9.10. The molecule has 1 N–H and O–H groups in total. The quantitative estimate of drug-likeness (QED) is 0.926. The van der Waals surface area contributed by atoms with E-state index in [0.717, 1.165) is 32.8 Å². The third-order valence-electron chi connectivity index (χ3n) is 2.33. The van der Waals surface area contributed by atoms with E-state index >= 15 is 0 Å². The van der Waals surface area contributed by atoms with Gasteiger partial charge in [-0.2, -0.15) is 0 Å². The normalized spacial score (nSPS) is 10.3. The van der Waals surface area contributed by atoms with Crippen LogP contribution in [0.25, 0.3) is 0 Å². The number of carbonyl (C=O) groups excluding carboxylic acids is 1. The zero-order valence-electron chi connectivity index (χ0n) is 9.32. The molecule has 0 unspecified atom stereocenters. The summed E-state index contributed by atoms with van der Waals surface area (Å²) in [4.78, 5) is 11.8. The maximum Gasteiger partial charge on any atom is 0.277 e. The van der Waals surface area contributed by atoms with Gasteiger partial charge in [0.1, 0.15) is 0 Å². The summed E-state index contributed by atoms with van der Waals surface area (Å²) >= 11 is 4.58. The van der Waals surface area contributed by atoms with Gasteiger partial charge in [-0.15, -0.1) is 5.10 Å². The van der Waals surface area contributed by atoms with Crippen LogP contribution in [0.1, 0.15) is 21.6 Å². The number of benzene rings is 1. The van der Waals surface area contributed by atoms with E-state index in [0.29, 0.717) is 5.69 Å². The predicted molar refractivity (Wildman–Crippen MR) is 71.5 cm³/mol. The van der Waals surface area contributed by atoms with Crippen LogP contribution in [0.2, 0.25) is 0 Å². The Balaban J connectivity index is 2.28. The fourth-order valence-electron chi connectivity index (χ4n) is 1.55. The molecule has 0 aliphatic heterocycles. The molecule has 0 radical (unpaired) electrons. The Morgan fingerprint density at radius 3 is 2.53 bits per heavy atom. The van der Waals surface area contributed by atoms with Crippen molar-refractivity contribution in [1.82, 2.24) is 9.59 Å². The number of aromatic nitrogens is 2. The SMILES string of the molecule is Cc1cc(Br)cc(C)c1NC(=O)c1csnn1. The zero-order chi connectivity index (χ0) is 12.4. The molecule has 0 bridgehead atoms. The summed E-state index contributed by atoms with van der Waals surface area (Å²) in [5.74, 6) is -0.229. The third-order valence-corrected chi connectivity index (χ3v) is 3.29. The van der Waals surface area contributed by atoms with Gasteiger partial charge in [-0.25, -0.2) is 0 Å². The number of hydrogen-bond acceptors (Lipinski definition) is 4. The molecule has 1 aromatic heterocycles. The van der Waals surface area contributed by atoms with Gasteiger partial charge in [0.15, 0.2) is 5.69 Å². The fourth-order valence-corrected chi connectivity index (χ4v) is 2.67. The lowest BCUT2D eigenvalue weighted by Gasteiger charge is -2.11. The Morgan fingerprint density at radius 2 is 2.00 bits per heavy atom. The first-order chi connectivity index (χ1) is 8.08. The van der Waals surface area contributed by atoms with Crippen LogP contribution in [-0.2, 0) is 0 Å². The number of nitrogens with zero attached hydrogens (tertiary/aromatic N) is 2. The second kappa shape index (κ2) is 4.93. The molecule has 2 rings (SSSR count). The molecule has 17 heavy (non-hydrogen) atoms. The van der Waals surface area contributed by atoms with Crippen LogP contribution in [-0.4, -0.2) is 15.5 Å². The van der Waals surface area contributed by atoms with Gasteiger partial charge in [0.05, 0.1) is 0 Å². The van der Waals surface area contributed by atoms with Crippen LogP contribution in [0.15, 0.2) is 22.0 Å². The van der Waals surface area contributed by atoms with Gasteiger partial charge >= 0.3 is 0 Å². The van der Waals surface area contributed by atoms with Gasteiger partial charge in [0, 0.05) is 15.5 Å². The largest absolute Gasteiger partial charge is 0.320 e. The van der Waals surface area contributed by atoms with Crippen LogP contribution in [0.4, 0.5) is 5.69 Å². The number of aryl methyl sites for hydroxylation is 2. The Morgan fingerprint density at radius 1 is 1.35 bits per heavy atom. The molecule has 6 heteroatoms. The molecule has 2 aromatic rings. The van der Waals surface area contributed by atoms with Gasteiger partial charge in [0.2, 0.25) is 0 Å². The summed E-state index contributed by atoms with van der Waals surface area (Å²) in [6, 6.07) is 3.92. The molecule has 0 saturated carbocycles. The predicted octanol–water partition coefficient (Wildman–Crippen LogP) is 3.17. The second-order valence-electron chi connectivity index (χ2n) is 3.66. The Bertz CT molecular complexity index is 531. The van der Waals surface area contributed by atoms with Crippen molar-refractivity contribution in [2.24, 2.45) is 0 Å². The molecule has 0 spiro atoms. The molecule has 0 atom stereocenters. The molecule has 0 fully saturated rings. The number of amides is 1. The first-order valence-corrected chi connectivity index (χ1v) is 6.56. The number of hydrogen-bond donors (Lipinski definition) is 1. The minimum absolute atomic E-state index is 0.229. The van der Waals surface area contributed by atoms with E-state index in [9.17, 15) is 4.79 Å². The van der Waals surface area contributed by atoms with E-state index in [1.807, 2.05) is 26.0 Å². The molecule has 88 valence electrons. The fraction of sp³-hybridized carbons (Fsp3) is 0.182. The minimum atomic E-state index is -0.229. The molecule has 0 aliphatic rings. The average molecular weight is 312 g/mol. The number of nitrogens with one attached hydrogen (secondary N) is 1. The highest BCUT2D eigenvalue weighted by atomic mass is 79.9. The van der Waals surface area contributed by atoms with E-state index < -0.39 is 0 Å². The van der Waals surface area contributed by atoms with Crippen molar-refractivity contribution >= 4 is 39.1 Å². The van der Waals surface area contributed by atoms with Crippen molar-refractivity contribution in [3.05, 3.63) is 38.8 Å². The van der Waals surface area contributed by atoms with Gasteiger partial charge in [-0.1, -0.05) is 20.4 Å². The summed E-state index contributed by atoms with van der Waals surface area (Å²) < 4.78 is 4.67. The van der Waals surface area contributed by atoms with Crippen molar-refractivity contribution < 1.29 is 4.79 Å². The second-order valence-corrected chi connectivity index (χ2v) is 5.18. The number of halogens is 1. The summed E-state index contributed by atoms with van der Waals surface area (Å²) in [6.45, 7) is 3.90. The van der Waals surface area contributed by atoms with Crippen LogP contribution in [0.3, 0.4) is 0 Å². The van der Waals surface area contributed by atoms with Gasteiger partial charge in [-0.05, 0) is 48.6 Å². The van der Waals surface area contributed by atoms with Crippen LogP contribution in [0, 0.1) is 13.8 Å². The summed E-state index contributed by atoms with van der Waals surface area (Å²) in [7, 11) is 0. The highest BCUT2D eigenvalue weighted by Crippen LogP contribution is 2.25. The van der Waals surface area contributed by atoms with Crippen molar-refractivity contribution in [2.75, 3.05) is 5.32 Å². The Kier molecular flexibility index (Phi) is 3.54. The molecule has 0 aliphatic carbocycles. The molecule has 1 heterocycles. The average Bonchev–Trinajstić information content (AvgIpc) is 2.76. The number of carbonyl (C=O) groups is 1. The summed E-state index contributed by atoms with van der Waals surface area (Å²) in [5.41, 5.74) is 3.18. The highest BCUT2D eigenvalue weighted by Gasteiger charge is 2.12. The lowest BCUT2D eigenvalue weighted by molar-refractivity contribution is 0.102. The Hall–Kier alpha value is -1.27. The maximum absolute atomic E-state index is 11.8. The molecular weight excluding hydrogens is 302 g/mol. The third kappa shape index (κ3) is 2.70. The van der Waals surface area contributed by atoms with Crippen molar-refractivity contribution in [3.63, 3.8) is 0 Å². The van der Waals surface area contributed by atoms with Crippen molar-refractivity contribution in [2.45, 2.75) is 13.8 Å². The number of rotatable bonds is 2. The molecule has 0 saturated heterocycles. The van der Waals surface area contributed by atoms with Crippen molar-refractivity contribution in [1.29, 1.82) is 0 Å². The molecule has 1 amide bonds. The van der Waals surface area contributed by atoms with Crippen LogP contribution >= 0.6 is 27.5 Å². The van der Waals surface area contributed by atoms with Gasteiger partial charge in [0.25, 0.3) is 5.91 Å². The Labute approximate surface area is 111 Å². The number of anilines is 1. The van der Waals surface area contributed by atoms with Crippen molar-refractivity contribution in [3.8, 4) is 0 Å². The monoisotopic (exact) mass is 311 g/mol. The lowest BCUT2D eigenvalue weighted by Crippen LogP contribution is -2.14. The summed E-state index contributed by atoms with van der Waals surface area (Å²) in [6.07, 6.45) is 0. The first-order valence-electron chi connectivity index (χ1n) is 4.93.